The third-order valence-electron chi connectivity index (χ3n) is 3.11. The topological polar surface area (TPSA) is 114 Å². The molecule has 0 aromatic carbocycles. The summed E-state index contributed by atoms with van der Waals surface area (Å²) < 4.78 is 24.6. The van der Waals surface area contributed by atoms with Crippen LogP contribution in [0.4, 0.5) is 0 Å². The van der Waals surface area contributed by atoms with Crippen LogP contribution in [-0.4, -0.2) is 58.6 Å². The number of aromatic carboxylic acids is 1. The standard InChI is InChI=1S/C10H16N4O4S/c15-10(16)9-7-14(13-12-9)4-3-11-6-8-2-1-5-19(8,17)18/h7-8,11H,1-6H2,(H,15,16). The highest BCUT2D eigenvalue weighted by atomic mass is 32.2. The summed E-state index contributed by atoms with van der Waals surface area (Å²) in [5, 5.41) is 18.6. The lowest BCUT2D eigenvalue weighted by Gasteiger charge is -2.10. The van der Waals surface area contributed by atoms with Gasteiger partial charge in [0.15, 0.2) is 15.5 Å². The van der Waals surface area contributed by atoms with Crippen LogP contribution in [0, 0.1) is 0 Å². The summed E-state index contributed by atoms with van der Waals surface area (Å²) in [5.41, 5.74) is -0.0987. The van der Waals surface area contributed by atoms with Crippen molar-refractivity contribution in [2.24, 2.45) is 0 Å². The fourth-order valence-electron chi connectivity index (χ4n) is 2.05. The molecule has 2 N–H and O–H groups in total. The quantitative estimate of drug-likeness (QED) is 0.655. The molecular weight excluding hydrogens is 272 g/mol. The van der Waals surface area contributed by atoms with Crippen molar-refractivity contribution in [1.82, 2.24) is 20.3 Å². The maximum absolute atomic E-state index is 11.6. The smallest absolute Gasteiger partial charge is 0.358 e. The number of carboxylic acid groups (broad SMARTS) is 1. The van der Waals surface area contributed by atoms with Gasteiger partial charge >= 0.3 is 5.97 Å². The average Bonchev–Trinajstić information content (AvgIpc) is 2.92. The van der Waals surface area contributed by atoms with Crippen molar-refractivity contribution in [3.8, 4) is 0 Å². The van der Waals surface area contributed by atoms with Gasteiger partial charge in [-0.2, -0.15) is 0 Å². The number of hydrogen-bond acceptors (Lipinski definition) is 6. The summed E-state index contributed by atoms with van der Waals surface area (Å²) in [6.07, 6.45) is 2.79. The predicted molar refractivity (Wildman–Crippen MR) is 66.7 cm³/mol. The molecule has 0 spiro atoms. The van der Waals surface area contributed by atoms with E-state index in [4.69, 9.17) is 5.11 Å². The van der Waals surface area contributed by atoms with E-state index in [0.717, 1.165) is 6.42 Å². The van der Waals surface area contributed by atoms with Crippen molar-refractivity contribution in [3.05, 3.63) is 11.9 Å². The molecule has 2 heterocycles. The monoisotopic (exact) mass is 288 g/mol. The Kier molecular flexibility index (Phi) is 4.15. The molecule has 1 saturated heterocycles. The summed E-state index contributed by atoms with van der Waals surface area (Å²) in [7, 11) is -2.91. The molecule has 0 amide bonds. The van der Waals surface area contributed by atoms with Crippen LogP contribution in [-0.2, 0) is 16.4 Å². The van der Waals surface area contributed by atoms with E-state index < -0.39 is 15.8 Å². The van der Waals surface area contributed by atoms with E-state index in [9.17, 15) is 13.2 Å². The second kappa shape index (κ2) is 5.66. The van der Waals surface area contributed by atoms with Gasteiger partial charge in [-0.1, -0.05) is 5.21 Å². The Bertz CT molecular complexity index is 554. The second-order valence-corrected chi connectivity index (χ2v) is 6.91. The largest absolute Gasteiger partial charge is 0.476 e. The zero-order valence-corrected chi connectivity index (χ0v) is 11.1. The highest BCUT2D eigenvalue weighted by molar-refractivity contribution is 7.92. The molecule has 9 heteroatoms. The summed E-state index contributed by atoms with van der Waals surface area (Å²) in [4.78, 5) is 10.6. The highest BCUT2D eigenvalue weighted by Gasteiger charge is 2.30. The van der Waals surface area contributed by atoms with E-state index in [1.54, 1.807) is 0 Å². The van der Waals surface area contributed by atoms with Crippen molar-refractivity contribution in [3.63, 3.8) is 0 Å². The van der Waals surface area contributed by atoms with Crippen LogP contribution in [0.1, 0.15) is 23.3 Å². The zero-order valence-electron chi connectivity index (χ0n) is 10.3. The van der Waals surface area contributed by atoms with Gasteiger partial charge in [-0.25, -0.2) is 13.2 Å². The minimum atomic E-state index is -2.91. The van der Waals surface area contributed by atoms with Gasteiger partial charge in [0.2, 0.25) is 0 Å². The molecule has 1 fully saturated rings. The molecule has 0 radical (unpaired) electrons. The first-order chi connectivity index (χ1) is 8.99. The van der Waals surface area contributed by atoms with Crippen LogP contribution in [0.15, 0.2) is 6.20 Å². The van der Waals surface area contributed by atoms with Crippen LogP contribution in [0.3, 0.4) is 0 Å². The number of nitrogens with one attached hydrogen (secondary N) is 1. The summed E-state index contributed by atoms with van der Waals surface area (Å²) >= 11 is 0. The number of carbonyl (C=O) groups is 1. The molecule has 1 aliphatic heterocycles. The van der Waals surface area contributed by atoms with Crippen molar-refractivity contribution >= 4 is 15.8 Å². The second-order valence-electron chi connectivity index (χ2n) is 4.51. The average molecular weight is 288 g/mol. The maximum atomic E-state index is 11.6. The Balaban J connectivity index is 1.73. The van der Waals surface area contributed by atoms with Gasteiger partial charge in [0.25, 0.3) is 0 Å². The minimum absolute atomic E-state index is 0.0987. The molecule has 1 aliphatic rings. The summed E-state index contributed by atoms with van der Waals surface area (Å²) in [6, 6.07) is 0. The van der Waals surface area contributed by atoms with Gasteiger partial charge in [0, 0.05) is 13.1 Å². The van der Waals surface area contributed by atoms with Gasteiger partial charge in [-0.05, 0) is 12.8 Å². The van der Waals surface area contributed by atoms with Crippen molar-refractivity contribution < 1.29 is 18.3 Å². The van der Waals surface area contributed by atoms with Crippen LogP contribution in [0.2, 0.25) is 0 Å². The molecule has 1 aromatic rings. The number of sulfone groups is 1. The third-order valence-corrected chi connectivity index (χ3v) is 5.39. The first kappa shape index (κ1) is 13.9. The van der Waals surface area contributed by atoms with E-state index in [1.807, 2.05) is 0 Å². The number of nitrogens with zero attached hydrogens (tertiary/aromatic N) is 3. The lowest BCUT2D eigenvalue weighted by atomic mass is 10.2. The van der Waals surface area contributed by atoms with Gasteiger partial charge in [-0.3, -0.25) is 4.68 Å². The van der Waals surface area contributed by atoms with Crippen LogP contribution < -0.4 is 5.32 Å². The van der Waals surface area contributed by atoms with E-state index in [1.165, 1.54) is 10.9 Å². The Labute approximate surface area is 110 Å². The SMILES string of the molecule is O=C(O)c1cn(CCNCC2CCCS2(=O)=O)nn1. The number of aromatic nitrogens is 3. The Morgan fingerprint density at radius 2 is 2.37 bits per heavy atom. The van der Waals surface area contributed by atoms with Gasteiger partial charge in [-0.15, -0.1) is 5.10 Å². The molecule has 0 aliphatic carbocycles. The molecule has 1 atom stereocenters. The normalized spacial score (nSPS) is 21.6. The molecule has 0 saturated carbocycles. The summed E-state index contributed by atoms with van der Waals surface area (Å²) in [5.74, 6) is -0.832. The lowest BCUT2D eigenvalue weighted by Crippen LogP contribution is -2.32. The molecule has 19 heavy (non-hydrogen) atoms. The molecule has 1 unspecified atom stereocenters. The Morgan fingerprint density at radius 3 is 2.95 bits per heavy atom. The number of hydrogen-bond donors (Lipinski definition) is 2. The molecule has 8 nitrogen and oxygen atoms in total. The lowest BCUT2D eigenvalue weighted by molar-refractivity contribution is 0.0690. The van der Waals surface area contributed by atoms with Crippen LogP contribution in [0.5, 0.6) is 0 Å². The van der Waals surface area contributed by atoms with E-state index >= 15 is 0 Å². The molecular formula is C10H16N4O4S. The zero-order chi connectivity index (χ0) is 13.9. The van der Waals surface area contributed by atoms with Gasteiger partial charge in [0.1, 0.15) is 0 Å². The predicted octanol–water partition coefficient (Wildman–Crippen LogP) is -0.857. The Morgan fingerprint density at radius 1 is 1.58 bits per heavy atom. The van der Waals surface area contributed by atoms with Gasteiger partial charge in [0.05, 0.1) is 23.7 Å². The summed E-state index contributed by atoms with van der Waals surface area (Å²) in [6.45, 7) is 1.41. The van der Waals surface area contributed by atoms with E-state index in [-0.39, 0.29) is 16.7 Å². The van der Waals surface area contributed by atoms with Crippen LogP contribution in [0.25, 0.3) is 0 Å². The first-order valence-corrected chi connectivity index (χ1v) is 7.76. The molecule has 1 aromatic heterocycles. The first-order valence-electron chi connectivity index (χ1n) is 6.05. The van der Waals surface area contributed by atoms with Gasteiger partial charge < -0.3 is 10.4 Å². The van der Waals surface area contributed by atoms with Crippen LogP contribution >= 0.6 is 0 Å². The number of rotatable bonds is 6. The van der Waals surface area contributed by atoms with E-state index in [2.05, 4.69) is 15.6 Å². The number of carboxylic acids is 1. The van der Waals surface area contributed by atoms with Crippen molar-refractivity contribution in [1.29, 1.82) is 0 Å². The molecule has 2 rings (SSSR count). The minimum Gasteiger partial charge on any atom is -0.476 e. The molecule has 106 valence electrons. The highest BCUT2D eigenvalue weighted by Crippen LogP contribution is 2.18. The fourth-order valence-corrected chi connectivity index (χ4v) is 3.85. The molecule has 0 bridgehead atoms. The van der Waals surface area contributed by atoms with Crippen molar-refractivity contribution in [2.45, 2.75) is 24.6 Å². The Hall–Kier alpha value is -1.48. The third kappa shape index (κ3) is 3.51. The van der Waals surface area contributed by atoms with E-state index in [0.29, 0.717) is 26.1 Å². The maximum Gasteiger partial charge on any atom is 0.358 e. The van der Waals surface area contributed by atoms with Crippen molar-refractivity contribution in [2.75, 3.05) is 18.8 Å². The fraction of sp³-hybridized carbons (Fsp3) is 0.700.